The highest BCUT2D eigenvalue weighted by Gasteiger charge is 2.24. The topological polar surface area (TPSA) is 83.0 Å². The minimum Gasteiger partial charge on any atom is -0.383 e. The van der Waals surface area contributed by atoms with Crippen LogP contribution >= 0.6 is 23.1 Å². The van der Waals surface area contributed by atoms with Crippen LogP contribution in [0.3, 0.4) is 0 Å². The highest BCUT2D eigenvalue weighted by Crippen LogP contribution is 2.37. The normalized spacial score (nSPS) is 14.9. The zero-order valence-electron chi connectivity index (χ0n) is 17.8. The lowest BCUT2D eigenvalue weighted by Gasteiger charge is -2.14. The monoisotopic (exact) mass is 448 g/mol. The molecule has 3 heterocycles. The molecule has 4 rings (SSSR count). The Kier molecular flexibility index (Phi) is 6.90. The predicted molar refractivity (Wildman–Crippen MR) is 120 cm³/mol. The summed E-state index contributed by atoms with van der Waals surface area (Å²) < 4.78 is 12.5. The largest absolute Gasteiger partial charge is 0.383 e. The Labute approximate surface area is 184 Å². The van der Waals surface area contributed by atoms with Crippen LogP contribution in [0.2, 0.25) is 0 Å². The van der Waals surface area contributed by atoms with Gasteiger partial charge >= 0.3 is 0 Å². The molecule has 0 spiro atoms. The van der Waals surface area contributed by atoms with Crippen molar-refractivity contribution in [2.24, 2.45) is 0 Å². The van der Waals surface area contributed by atoms with E-state index in [0.717, 1.165) is 54.6 Å². The average molecular weight is 449 g/mol. The van der Waals surface area contributed by atoms with Gasteiger partial charge in [0.25, 0.3) is 5.56 Å². The Morgan fingerprint density at radius 2 is 2.13 bits per heavy atom. The summed E-state index contributed by atoms with van der Waals surface area (Å²) in [6, 6.07) is 0. The molecule has 1 atom stereocenters. The molecule has 0 amide bonds. The van der Waals surface area contributed by atoms with Gasteiger partial charge in [-0.3, -0.25) is 9.36 Å². The van der Waals surface area contributed by atoms with Crippen LogP contribution < -0.4 is 5.56 Å². The summed E-state index contributed by atoms with van der Waals surface area (Å²) >= 11 is 3.17. The van der Waals surface area contributed by atoms with Crippen LogP contribution in [0.25, 0.3) is 10.2 Å². The zero-order valence-corrected chi connectivity index (χ0v) is 19.4. The smallest absolute Gasteiger partial charge is 0.263 e. The first-order valence-electron chi connectivity index (χ1n) is 10.7. The lowest BCUT2D eigenvalue weighted by Crippen LogP contribution is -2.25. The van der Waals surface area contributed by atoms with Gasteiger partial charge in [0.2, 0.25) is 5.89 Å². The quantitative estimate of drug-likeness (QED) is 0.350. The van der Waals surface area contributed by atoms with Crippen molar-refractivity contribution in [1.29, 1.82) is 0 Å². The highest BCUT2D eigenvalue weighted by molar-refractivity contribution is 7.99. The third-order valence-electron chi connectivity index (χ3n) is 5.43. The molecule has 0 aliphatic heterocycles. The molecule has 3 aromatic rings. The van der Waals surface area contributed by atoms with Gasteiger partial charge in [0.1, 0.15) is 4.83 Å². The maximum atomic E-state index is 13.4. The van der Waals surface area contributed by atoms with Gasteiger partial charge in [-0.15, -0.1) is 11.3 Å². The molecule has 0 aromatic carbocycles. The van der Waals surface area contributed by atoms with Gasteiger partial charge in [-0.05, 0) is 44.6 Å². The number of thioether (sulfide) groups is 1. The van der Waals surface area contributed by atoms with Crippen molar-refractivity contribution < 1.29 is 9.26 Å². The number of thiophene rings is 1. The summed E-state index contributed by atoms with van der Waals surface area (Å²) in [5, 5.41) is 5.49. The predicted octanol–water partition coefficient (Wildman–Crippen LogP) is 4.56. The van der Waals surface area contributed by atoms with Gasteiger partial charge in [0.05, 0.1) is 23.8 Å². The molecule has 9 heteroatoms. The number of nitrogens with zero attached hydrogens (tertiary/aromatic N) is 4. The van der Waals surface area contributed by atoms with Crippen LogP contribution in [-0.2, 0) is 30.5 Å². The maximum Gasteiger partial charge on any atom is 0.263 e. The molecular formula is C21H28N4O3S2. The zero-order chi connectivity index (χ0) is 21.1. The van der Waals surface area contributed by atoms with Crippen molar-refractivity contribution in [3.05, 3.63) is 32.5 Å². The molecule has 3 aromatic heterocycles. The highest BCUT2D eigenvalue weighted by atomic mass is 32.2. The fraction of sp³-hybridized carbons (Fsp3) is 0.619. The van der Waals surface area contributed by atoms with E-state index in [9.17, 15) is 4.79 Å². The molecule has 0 bridgehead atoms. The maximum absolute atomic E-state index is 13.4. The van der Waals surface area contributed by atoms with Gasteiger partial charge in [-0.1, -0.05) is 30.3 Å². The number of ether oxygens (including phenoxy) is 1. The number of hydrogen-bond acceptors (Lipinski definition) is 8. The summed E-state index contributed by atoms with van der Waals surface area (Å²) in [4.78, 5) is 25.1. The molecule has 0 N–H and O–H groups in total. The number of methoxy groups -OCH3 is 1. The molecule has 7 nitrogen and oxygen atoms in total. The lowest BCUT2D eigenvalue weighted by atomic mass is 9.97. The van der Waals surface area contributed by atoms with Crippen molar-refractivity contribution in [2.45, 2.75) is 75.7 Å². The number of unbranched alkanes of at least 4 members (excludes halogenated alkanes) is 1. The van der Waals surface area contributed by atoms with Crippen LogP contribution in [-0.4, -0.2) is 33.4 Å². The van der Waals surface area contributed by atoms with E-state index in [-0.39, 0.29) is 10.8 Å². The van der Waals surface area contributed by atoms with Gasteiger partial charge in [-0.2, -0.15) is 4.98 Å². The molecule has 0 fully saturated rings. The molecule has 0 saturated heterocycles. The average Bonchev–Trinajstić information content (AvgIpc) is 3.36. The number of aromatic nitrogens is 4. The SMILES string of the molecule is CCCCc1noc(C(C)Sc2nc3sc4c(c3c(=O)n2CCOC)CCCC4)n1. The van der Waals surface area contributed by atoms with Crippen molar-refractivity contribution in [2.75, 3.05) is 13.7 Å². The van der Waals surface area contributed by atoms with Crippen LogP contribution in [0.4, 0.5) is 0 Å². The van der Waals surface area contributed by atoms with E-state index >= 15 is 0 Å². The third kappa shape index (κ3) is 4.33. The minimum atomic E-state index is -0.0967. The van der Waals surface area contributed by atoms with Gasteiger partial charge in [0.15, 0.2) is 11.0 Å². The van der Waals surface area contributed by atoms with E-state index in [1.165, 1.54) is 28.6 Å². The molecule has 30 heavy (non-hydrogen) atoms. The fourth-order valence-corrected chi connectivity index (χ4v) is 6.03. The second-order valence-corrected chi connectivity index (χ2v) is 10.0. The van der Waals surface area contributed by atoms with Gasteiger partial charge in [0, 0.05) is 18.4 Å². The van der Waals surface area contributed by atoms with Crippen LogP contribution in [0.15, 0.2) is 14.5 Å². The Morgan fingerprint density at radius 1 is 1.30 bits per heavy atom. The standard InChI is InChI=1S/C21H28N4O3S2/c1-4-5-10-16-22-18(28-24-16)13(2)29-21-23-19-17(20(26)25(21)11-12-27-3)14-8-6-7-9-15(14)30-19/h13H,4-12H2,1-3H3. The van der Waals surface area contributed by atoms with E-state index in [4.69, 9.17) is 14.2 Å². The van der Waals surface area contributed by atoms with E-state index in [1.54, 1.807) is 23.0 Å². The molecule has 1 aliphatic rings. The second kappa shape index (κ2) is 9.62. The summed E-state index contributed by atoms with van der Waals surface area (Å²) in [6.07, 6.45) is 7.31. The summed E-state index contributed by atoms with van der Waals surface area (Å²) in [5.74, 6) is 1.31. The van der Waals surface area contributed by atoms with Crippen molar-refractivity contribution in [3.63, 3.8) is 0 Å². The number of rotatable bonds is 9. The van der Waals surface area contributed by atoms with Gasteiger partial charge in [-0.25, -0.2) is 4.98 Å². The number of fused-ring (bicyclic) bond motifs is 3. The van der Waals surface area contributed by atoms with Gasteiger partial charge < -0.3 is 9.26 Å². The Balaban J connectivity index is 1.68. The molecule has 0 radical (unpaired) electrons. The Bertz CT molecular complexity index is 1070. The van der Waals surface area contributed by atoms with Crippen LogP contribution in [0.5, 0.6) is 0 Å². The second-order valence-electron chi connectivity index (χ2n) is 7.65. The summed E-state index contributed by atoms with van der Waals surface area (Å²) in [6.45, 7) is 5.09. The molecule has 162 valence electrons. The van der Waals surface area contributed by atoms with Crippen LogP contribution in [0.1, 0.15) is 66.9 Å². The fourth-order valence-electron chi connectivity index (χ4n) is 3.77. The van der Waals surface area contributed by atoms with E-state index < -0.39 is 0 Å². The first-order valence-corrected chi connectivity index (χ1v) is 12.3. The Hall–Kier alpha value is -1.71. The third-order valence-corrected chi connectivity index (χ3v) is 7.69. The summed E-state index contributed by atoms with van der Waals surface area (Å²) in [7, 11) is 1.65. The van der Waals surface area contributed by atoms with Crippen LogP contribution in [0, 0.1) is 0 Å². The van der Waals surface area contributed by atoms with Crippen molar-refractivity contribution >= 4 is 33.3 Å². The number of hydrogen-bond donors (Lipinski definition) is 0. The molecule has 1 unspecified atom stereocenters. The van der Waals surface area contributed by atoms with Crippen molar-refractivity contribution in [1.82, 2.24) is 19.7 Å². The molecule has 0 saturated carbocycles. The van der Waals surface area contributed by atoms with E-state index in [0.29, 0.717) is 24.2 Å². The summed E-state index contributed by atoms with van der Waals surface area (Å²) in [5.41, 5.74) is 1.26. The Morgan fingerprint density at radius 3 is 2.93 bits per heavy atom. The van der Waals surface area contributed by atoms with E-state index in [2.05, 4.69) is 17.1 Å². The number of aryl methyl sites for hydroxylation is 3. The lowest BCUT2D eigenvalue weighted by molar-refractivity contribution is 0.183. The van der Waals surface area contributed by atoms with Crippen molar-refractivity contribution in [3.8, 4) is 0 Å². The first-order chi connectivity index (χ1) is 14.6. The first kappa shape index (κ1) is 21.5. The minimum absolute atomic E-state index is 0.0420. The van der Waals surface area contributed by atoms with E-state index in [1.807, 2.05) is 6.92 Å². The molecular weight excluding hydrogens is 420 g/mol. The molecule has 1 aliphatic carbocycles.